The van der Waals surface area contributed by atoms with E-state index in [0.29, 0.717) is 24.3 Å². The molecule has 3 rings (SSSR count). The molecule has 1 unspecified atom stereocenters. The Labute approximate surface area is 154 Å². The summed E-state index contributed by atoms with van der Waals surface area (Å²) in [6, 6.07) is 11.0. The van der Waals surface area contributed by atoms with E-state index in [4.69, 9.17) is 0 Å². The number of para-hydroxylation sites is 1. The van der Waals surface area contributed by atoms with Gasteiger partial charge in [-0.05, 0) is 44.0 Å². The van der Waals surface area contributed by atoms with Crippen LogP contribution in [0.2, 0.25) is 0 Å². The summed E-state index contributed by atoms with van der Waals surface area (Å²) in [4.78, 5) is 18.9. The fourth-order valence-electron chi connectivity index (χ4n) is 3.24. The van der Waals surface area contributed by atoms with Crippen molar-refractivity contribution < 1.29 is 13.2 Å². The zero-order chi connectivity index (χ0) is 18.7. The molecule has 1 saturated heterocycles. The first-order chi connectivity index (χ1) is 12.4. The fourth-order valence-corrected chi connectivity index (χ4v) is 4.97. The first-order valence-electron chi connectivity index (χ1n) is 8.69. The van der Waals surface area contributed by atoms with E-state index < -0.39 is 9.84 Å². The quantitative estimate of drug-likeness (QED) is 0.872. The van der Waals surface area contributed by atoms with Gasteiger partial charge in [0.25, 0.3) is 5.91 Å². The number of carbonyl (C=O) groups excluding carboxylic acids is 1. The van der Waals surface area contributed by atoms with Crippen LogP contribution in [0, 0.1) is 6.92 Å². The van der Waals surface area contributed by atoms with E-state index in [-0.39, 0.29) is 23.5 Å². The van der Waals surface area contributed by atoms with E-state index in [9.17, 15) is 13.2 Å². The van der Waals surface area contributed by atoms with Gasteiger partial charge in [0, 0.05) is 30.0 Å². The number of hydrogen-bond acceptors (Lipinski definition) is 5. The first kappa shape index (κ1) is 18.4. The molecule has 1 amide bonds. The maximum Gasteiger partial charge on any atom is 0.254 e. The molecule has 1 aromatic carbocycles. The van der Waals surface area contributed by atoms with Crippen LogP contribution in [0.25, 0.3) is 0 Å². The summed E-state index contributed by atoms with van der Waals surface area (Å²) in [6.45, 7) is 4.34. The third kappa shape index (κ3) is 4.04. The van der Waals surface area contributed by atoms with E-state index in [0.717, 1.165) is 11.3 Å². The predicted molar refractivity (Wildman–Crippen MR) is 102 cm³/mol. The zero-order valence-corrected chi connectivity index (χ0v) is 15.8. The van der Waals surface area contributed by atoms with Gasteiger partial charge in [0.15, 0.2) is 9.84 Å². The highest BCUT2D eigenvalue weighted by Gasteiger charge is 2.34. The van der Waals surface area contributed by atoms with Crippen molar-refractivity contribution in [1.29, 1.82) is 0 Å². The van der Waals surface area contributed by atoms with Gasteiger partial charge in [-0.3, -0.25) is 4.79 Å². The number of carbonyl (C=O) groups is 1. The standard InChI is InChI=1S/C19H23N3O3S/c1-3-22(16-9-11-26(24,25)13-16)19(23)15-8-10-20-18(12-15)21-17-7-5-4-6-14(17)2/h4-8,10,12,16H,3,9,11,13H2,1-2H3,(H,20,21). The van der Waals surface area contributed by atoms with Crippen molar-refractivity contribution in [2.45, 2.75) is 26.3 Å². The fraction of sp³-hybridized carbons (Fsp3) is 0.368. The Kier molecular flexibility index (Phi) is 5.27. The van der Waals surface area contributed by atoms with Crippen molar-refractivity contribution in [3.05, 3.63) is 53.7 Å². The van der Waals surface area contributed by atoms with E-state index in [2.05, 4.69) is 10.3 Å². The van der Waals surface area contributed by atoms with E-state index >= 15 is 0 Å². The minimum absolute atomic E-state index is 0.0476. The van der Waals surface area contributed by atoms with Crippen LogP contribution in [0.15, 0.2) is 42.6 Å². The Hall–Kier alpha value is -2.41. The lowest BCUT2D eigenvalue weighted by Crippen LogP contribution is -2.41. The molecule has 0 radical (unpaired) electrons. The molecule has 2 heterocycles. The molecule has 1 atom stereocenters. The Morgan fingerprint density at radius 1 is 1.31 bits per heavy atom. The van der Waals surface area contributed by atoms with Crippen LogP contribution >= 0.6 is 0 Å². The number of rotatable bonds is 5. The monoisotopic (exact) mass is 373 g/mol. The van der Waals surface area contributed by atoms with Crippen molar-refractivity contribution in [2.75, 3.05) is 23.4 Å². The average Bonchev–Trinajstić information content (AvgIpc) is 2.97. The lowest BCUT2D eigenvalue weighted by molar-refractivity contribution is 0.0708. The molecule has 2 aromatic rings. The lowest BCUT2D eigenvalue weighted by atomic mass is 10.1. The molecule has 0 bridgehead atoms. The maximum atomic E-state index is 12.9. The molecule has 0 aliphatic carbocycles. The Morgan fingerprint density at radius 2 is 2.08 bits per heavy atom. The molecule has 1 aromatic heterocycles. The Balaban J connectivity index is 1.80. The van der Waals surface area contributed by atoms with Crippen molar-refractivity contribution in [3.63, 3.8) is 0 Å². The third-order valence-electron chi connectivity index (χ3n) is 4.67. The van der Waals surface area contributed by atoms with E-state index in [1.54, 1.807) is 23.2 Å². The number of nitrogens with zero attached hydrogens (tertiary/aromatic N) is 2. The van der Waals surface area contributed by atoms with Gasteiger partial charge in [0.2, 0.25) is 0 Å². The largest absolute Gasteiger partial charge is 0.340 e. The average molecular weight is 373 g/mol. The minimum Gasteiger partial charge on any atom is -0.340 e. The Bertz CT molecular complexity index is 912. The number of aromatic nitrogens is 1. The Morgan fingerprint density at radius 3 is 2.73 bits per heavy atom. The number of sulfone groups is 1. The number of aryl methyl sites for hydroxylation is 1. The molecule has 26 heavy (non-hydrogen) atoms. The number of pyridine rings is 1. The van der Waals surface area contributed by atoms with Crippen LogP contribution in [-0.4, -0.2) is 48.3 Å². The molecule has 1 aliphatic rings. The second kappa shape index (κ2) is 7.45. The molecule has 6 nitrogen and oxygen atoms in total. The van der Waals surface area contributed by atoms with Crippen LogP contribution in [-0.2, 0) is 9.84 Å². The second-order valence-electron chi connectivity index (χ2n) is 6.52. The van der Waals surface area contributed by atoms with E-state index in [1.165, 1.54) is 0 Å². The van der Waals surface area contributed by atoms with Crippen molar-refractivity contribution in [2.24, 2.45) is 0 Å². The van der Waals surface area contributed by atoms with Gasteiger partial charge in [-0.2, -0.15) is 0 Å². The van der Waals surface area contributed by atoms with Crippen LogP contribution < -0.4 is 5.32 Å². The van der Waals surface area contributed by atoms with Crippen molar-refractivity contribution in [1.82, 2.24) is 9.88 Å². The number of benzene rings is 1. The zero-order valence-electron chi connectivity index (χ0n) is 15.0. The molecule has 7 heteroatoms. The number of amides is 1. The van der Waals surface area contributed by atoms with Gasteiger partial charge in [0.05, 0.1) is 11.5 Å². The van der Waals surface area contributed by atoms with Gasteiger partial charge < -0.3 is 10.2 Å². The molecule has 0 spiro atoms. The number of anilines is 2. The highest BCUT2D eigenvalue weighted by molar-refractivity contribution is 7.91. The molecule has 1 aliphatic heterocycles. The van der Waals surface area contributed by atoms with Crippen LogP contribution in [0.5, 0.6) is 0 Å². The predicted octanol–water partition coefficient (Wildman–Crippen LogP) is 2.78. The van der Waals surface area contributed by atoms with Crippen LogP contribution in [0.4, 0.5) is 11.5 Å². The lowest BCUT2D eigenvalue weighted by Gasteiger charge is -2.27. The van der Waals surface area contributed by atoms with Gasteiger partial charge in [0.1, 0.15) is 5.82 Å². The van der Waals surface area contributed by atoms with Crippen molar-refractivity contribution >= 4 is 27.2 Å². The van der Waals surface area contributed by atoms with Crippen molar-refractivity contribution in [3.8, 4) is 0 Å². The topological polar surface area (TPSA) is 79.4 Å². The summed E-state index contributed by atoms with van der Waals surface area (Å²) in [7, 11) is -3.04. The van der Waals surface area contributed by atoms with Crippen LogP contribution in [0.3, 0.4) is 0 Å². The third-order valence-corrected chi connectivity index (χ3v) is 6.42. The molecule has 1 N–H and O–H groups in total. The van der Waals surface area contributed by atoms with E-state index in [1.807, 2.05) is 38.1 Å². The SMILES string of the molecule is CCN(C(=O)c1ccnc(Nc2ccccc2C)c1)C1CCS(=O)(=O)C1. The summed E-state index contributed by atoms with van der Waals surface area (Å²) >= 11 is 0. The molecule has 0 saturated carbocycles. The maximum absolute atomic E-state index is 12.9. The summed E-state index contributed by atoms with van der Waals surface area (Å²) in [5.41, 5.74) is 2.51. The number of hydrogen-bond donors (Lipinski definition) is 1. The highest BCUT2D eigenvalue weighted by Crippen LogP contribution is 2.22. The molecule has 1 fully saturated rings. The number of nitrogens with one attached hydrogen (secondary N) is 1. The summed E-state index contributed by atoms with van der Waals surface area (Å²) in [5.74, 6) is 0.620. The summed E-state index contributed by atoms with van der Waals surface area (Å²) in [5, 5.41) is 3.23. The highest BCUT2D eigenvalue weighted by atomic mass is 32.2. The van der Waals surface area contributed by atoms with Gasteiger partial charge in [-0.25, -0.2) is 13.4 Å². The van der Waals surface area contributed by atoms with Gasteiger partial charge in [-0.1, -0.05) is 18.2 Å². The molecule has 138 valence electrons. The minimum atomic E-state index is -3.04. The molecular formula is C19H23N3O3S. The van der Waals surface area contributed by atoms with Crippen LogP contribution in [0.1, 0.15) is 29.3 Å². The first-order valence-corrected chi connectivity index (χ1v) is 10.5. The van der Waals surface area contributed by atoms with Gasteiger partial charge >= 0.3 is 0 Å². The summed E-state index contributed by atoms with van der Waals surface area (Å²) in [6.07, 6.45) is 2.09. The normalized spacial score (nSPS) is 18.5. The molecular weight excluding hydrogens is 350 g/mol. The smallest absolute Gasteiger partial charge is 0.254 e. The second-order valence-corrected chi connectivity index (χ2v) is 8.75. The van der Waals surface area contributed by atoms with Gasteiger partial charge in [-0.15, -0.1) is 0 Å². The summed E-state index contributed by atoms with van der Waals surface area (Å²) < 4.78 is 23.5.